The minimum atomic E-state index is -0.288. The van der Waals surface area contributed by atoms with E-state index in [1.165, 1.54) is 0 Å². The van der Waals surface area contributed by atoms with Crippen LogP contribution in [0.2, 0.25) is 0 Å². The Kier molecular flexibility index (Phi) is 5.55. The Hall–Kier alpha value is -2.04. The molecule has 0 saturated carbocycles. The molecule has 0 radical (unpaired) electrons. The number of hydrogen-bond donors (Lipinski definition) is 1. The lowest BCUT2D eigenvalue weighted by Crippen LogP contribution is -2.28. The molecular formula is C15H22N2O3. The van der Waals surface area contributed by atoms with Crippen LogP contribution < -0.4 is 14.9 Å². The van der Waals surface area contributed by atoms with E-state index in [2.05, 4.69) is 10.5 Å². The summed E-state index contributed by atoms with van der Waals surface area (Å²) in [6.45, 7) is 7.90. The van der Waals surface area contributed by atoms with E-state index in [0.717, 1.165) is 11.5 Å². The van der Waals surface area contributed by atoms with Crippen LogP contribution in [0.15, 0.2) is 29.4 Å². The molecule has 0 aromatic heterocycles. The van der Waals surface area contributed by atoms with Gasteiger partial charge in [0.25, 0.3) is 5.91 Å². The number of rotatable bonds is 5. The fourth-order valence-electron chi connectivity index (χ4n) is 1.17. The monoisotopic (exact) mass is 278 g/mol. The molecule has 5 nitrogen and oxygen atoms in total. The number of hydrazone groups is 1. The molecule has 0 saturated heterocycles. The highest BCUT2D eigenvalue weighted by molar-refractivity contribution is 5.88. The number of methoxy groups -OCH3 is 1. The van der Waals surface area contributed by atoms with Crippen LogP contribution in [0.25, 0.3) is 0 Å². The van der Waals surface area contributed by atoms with Gasteiger partial charge < -0.3 is 9.47 Å². The molecule has 20 heavy (non-hydrogen) atoms. The molecule has 0 unspecified atom stereocenters. The summed E-state index contributed by atoms with van der Waals surface area (Å²) in [6.07, 6.45) is 0. The lowest BCUT2D eigenvalue weighted by molar-refractivity contribution is -0.123. The molecule has 0 aliphatic rings. The minimum absolute atomic E-state index is 0.0654. The molecule has 0 aliphatic heterocycles. The first-order valence-electron chi connectivity index (χ1n) is 6.43. The van der Waals surface area contributed by atoms with Crippen LogP contribution >= 0.6 is 0 Å². The molecule has 1 aromatic rings. The Morgan fingerprint density at radius 1 is 1.20 bits per heavy atom. The van der Waals surface area contributed by atoms with E-state index in [1.54, 1.807) is 31.4 Å². The topological polar surface area (TPSA) is 59.9 Å². The highest BCUT2D eigenvalue weighted by atomic mass is 16.5. The Morgan fingerprint density at radius 3 is 2.25 bits per heavy atom. The zero-order valence-corrected chi connectivity index (χ0v) is 12.7. The van der Waals surface area contributed by atoms with Crippen molar-refractivity contribution in [2.75, 3.05) is 13.7 Å². The maximum atomic E-state index is 11.6. The number of nitrogens with one attached hydrogen (secondary N) is 1. The van der Waals surface area contributed by atoms with Gasteiger partial charge in [0, 0.05) is 11.1 Å². The van der Waals surface area contributed by atoms with E-state index < -0.39 is 0 Å². The van der Waals surface area contributed by atoms with Gasteiger partial charge in [0.1, 0.15) is 11.5 Å². The number of nitrogens with zero attached hydrogens (tertiary/aromatic N) is 1. The van der Waals surface area contributed by atoms with E-state index in [0.29, 0.717) is 5.75 Å². The van der Waals surface area contributed by atoms with E-state index in [-0.39, 0.29) is 17.9 Å². The molecular weight excluding hydrogens is 256 g/mol. The third-order valence-corrected chi connectivity index (χ3v) is 2.86. The number of ether oxygens (including phenoxy) is 2. The van der Waals surface area contributed by atoms with Crippen molar-refractivity contribution < 1.29 is 14.3 Å². The predicted molar refractivity (Wildman–Crippen MR) is 79.2 cm³/mol. The number of carbonyl (C=O) groups excluding carboxylic acids is 1. The van der Waals surface area contributed by atoms with Crippen LogP contribution in [-0.2, 0) is 4.79 Å². The minimum Gasteiger partial charge on any atom is -0.497 e. The SMILES string of the molecule is COc1ccc(OCC(=O)N/N=C(\C)C(C)(C)C)cc1. The summed E-state index contributed by atoms with van der Waals surface area (Å²) < 4.78 is 10.4. The fraction of sp³-hybridized carbons (Fsp3) is 0.467. The Morgan fingerprint density at radius 2 is 1.75 bits per heavy atom. The van der Waals surface area contributed by atoms with Gasteiger partial charge in [-0.1, -0.05) is 20.8 Å². The van der Waals surface area contributed by atoms with Crippen molar-refractivity contribution in [2.45, 2.75) is 27.7 Å². The van der Waals surface area contributed by atoms with Crippen LogP contribution in [0.3, 0.4) is 0 Å². The molecule has 1 amide bonds. The van der Waals surface area contributed by atoms with Crippen LogP contribution in [-0.4, -0.2) is 25.3 Å². The van der Waals surface area contributed by atoms with E-state index in [4.69, 9.17) is 9.47 Å². The molecule has 110 valence electrons. The van der Waals surface area contributed by atoms with Crippen molar-refractivity contribution in [3.8, 4) is 11.5 Å². The van der Waals surface area contributed by atoms with Crippen molar-refractivity contribution >= 4 is 11.6 Å². The Balaban J connectivity index is 2.43. The number of hydrogen-bond acceptors (Lipinski definition) is 4. The van der Waals surface area contributed by atoms with E-state index in [1.807, 2.05) is 27.7 Å². The number of carbonyl (C=O) groups is 1. The smallest absolute Gasteiger partial charge is 0.277 e. The molecule has 0 heterocycles. The third kappa shape index (κ3) is 5.30. The lowest BCUT2D eigenvalue weighted by atomic mass is 9.91. The van der Waals surface area contributed by atoms with Gasteiger partial charge in [-0.25, -0.2) is 5.43 Å². The zero-order valence-electron chi connectivity index (χ0n) is 12.7. The van der Waals surface area contributed by atoms with Crippen molar-refractivity contribution in [1.29, 1.82) is 0 Å². The largest absolute Gasteiger partial charge is 0.497 e. The summed E-state index contributed by atoms with van der Waals surface area (Å²) in [7, 11) is 1.60. The van der Waals surface area contributed by atoms with Gasteiger partial charge >= 0.3 is 0 Å². The van der Waals surface area contributed by atoms with Gasteiger partial charge in [-0.15, -0.1) is 0 Å². The summed E-state index contributed by atoms with van der Waals surface area (Å²) in [5, 5.41) is 4.05. The summed E-state index contributed by atoms with van der Waals surface area (Å²) in [5.74, 6) is 1.06. The average Bonchev–Trinajstić information content (AvgIpc) is 2.41. The summed E-state index contributed by atoms with van der Waals surface area (Å²) in [6, 6.07) is 7.04. The lowest BCUT2D eigenvalue weighted by Gasteiger charge is -2.17. The molecule has 5 heteroatoms. The Labute approximate surface area is 120 Å². The molecule has 0 spiro atoms. The summed E-state index contributed by atoms with van der Waals surface area (Å²) in [4.78, 5) is 11.6. The number of benzene rings is 1. The second-order valence-corrected chi connectivity index (χ2v) is 5.45. The first kappa shape index (κ1) is 16.0. The van der Waals surface area contributed by atoms with Gasteiger partial charge in [-0.05, 0) is 31.2 Å². The zero-order chi connectivity index (χ0) is 15.2. The predicted octanol–water partition coefficient (Wildman–Crippen LogP) is 2.61. The van der Waals surface area contributed by atoms with Crippen LogP contribution in [0, 0.1) is 5.41 Å². The summed E-state index contributed by atoms with van der Waals surface area (Å²) in [5.41, 5.74) is 3.27. The van der Waals surface area contributed by atoms with Gasteiger partial charge in [0.05, 0.1) is 7.11 Å². The van der Waals surface area contributed by atoms with Crippen molar-refractivity contribution in [3.63, 3.8) is 0 Å². The second-order valence-electron chi connectivity index (χ2n) is 5.45. The van der Waals surface area contributed by atoms with Gasteiger partial charge in [0.2, 0.25) is 0 Å². The first-order chi connectivity index (χ1) is 9.32. The number of amides is 1. The summed E-state index contributed by atoms with van der Waals surface area (Å²) >= 11 is 0. The maximum Gasteiger partial charge on any atom is 0.277 e. The molecule has 0 bridgehead atoms. The molecule has 1 aromatic carbocycles. The van der Waals surface area contributed by atoms with Crippen molar-refractivity contribution in [2.24, 2.45) is 10.5 Å². The van der Waals surface area contributed by atoms with E-state index in [9.17, 15) is 4.79 Å². The standard InChI is InChI=1S/C15H22N2O3/c1-11(15(2,3)4)16-17-14(18)10-20-13-8-6-12(19-5)7-9-13/h6-9H,10H2,1-5H3,(H,17,18)/b16-11+. The van der Waals surface area contributed by atoms with Crippen molar-refractivity contribution in [3.05, 3.63) is 24.3 Å². The highest BCUT2D eigenvalue weighted by Crippen LogP contribution is 2.17. The normalized spacial score (nSPS) is 11.9. The highest BCUT2D eigenvalue weighted by Gasteiger charge is 2.14. The Bertz CT molecular complexity index is 473. The van der Waals surface area contributed by atoms with Gasteiger partial charge in [-0.2, -0.15) is 5.10 Å². The molecule has 0 fully saturated rings. The first-order valence-corrected chi connectivity index (χ1v) is 6.43. The second kappa shape index (κ2) is 6.93. The van der Waals surface area contributed by atoms with Gasteiger partial charge in [0.15, 0.2) is 6.61 Å². The van der Waals surface area contributed by atoms with Crippen LogP contribution in [0.1, 0.15) is 27.7 Å². The average molecular weight is 278 g/mol. The molecule has 1 rings (SSSR count). The van der Waals surface area contributed by atoms with E-state index >= 15 is 0 Å². The van der Waals surface area contributed by atoms with Crippen molar-refractivity contribution in [1.82, 2.24) is 5.43 Å². The van der Waals surface area contributed by atoms with Crippen LogP contribution in [0.4, 0.5) is 0 Å². The quantitative estimate of drug-likeness (QED) is 0.665. The molecule has 1 N–H and O–H groups in total. The van der Waals surface area contributed by atoms with Crippen LogP contribution in [0.5, 0.6) is 11.5 Å². The maximum absolute atomic E-state index is 11.6. The fourth-order valence-corrected chi connectivity index (χ4v) is 1.17. The third-order valence-electron chi connectivity index (χ3n) is 2.86. The molecule has 0 aliphatic carbocycles. The molecule has 0 atom stereocenters. The van der Waals surface area contributed by atoms with Gasteiger partial charge in [-0.3, -0.25) is 4.79 Å².